The Kier molecular flexibility index (Phi) is 8.70. The first-order chi connectivity index (χ1) is 15.6. The highest BCUT2D eigenvalue weighted by Crippen LogP contribution is 2.18. The zero-order valence-corrected chi connectivity index (χ0v) is 19.0. The molecule has 32 heavy (non-hydrogen) atoms. The van der Waals surface area contributed by atoms with Gasteiger partial charge < -0.3 is 20.3 Å². The van der Waals surface area contributed by atoms with Gasteiger partial charge in [-0.2, -0.15) is 0 Å². The number of benzene rings is 1. The normalized spacial score (nSPS) is 10.6. The number of carbonyl (C=O) groups excluding carboxylic acids is 2. The molecule has 0 spiro atoms. The van der Waals surface area contributed by atoms with Crippen molar-refractivity contribution in [2.24, 2.45) is 0 Å². The molecular formula is C23H27N5O3S. The van der Waals surface area contributed by atoms with Crippen molar-refractivity contribution in [3.8, 4) is 0 Å². The van der Waals surface area contributed by atoms with Gasteiger partial charge in [-0.15, -0.1) is 11.3 Å². The van der Waals surface area contributed by atoms with Gasteiger partial charge in [0.15, 0.2) is 0 Å². The number of aryl methyl sites for hydroxylation is 1. The molecule has 0 aliphatic carbocycles. The molecule has 0 aliphatic heterocycles. The second-order valence-electron chi connectivity index (χ2n) is 6.99. The van der Waals surface area contributed by atoms with Crippen LogP contribution < -0.4 is 10.6 Å². The van der Waals surface area contributed by atoms with Crippen LogP contribution in [0.3, 0.4) is 0 Å². The fraction of sp³-hybridized carbons (Fsp3) is 0.304. The molecule has 2 N–H and O–H groups in total. The van der Waals surface area contributed by atoms with E-state index in [0.717, 1.165) is 23.4 Å². The lowest BCUT2D eigenvalue weighted by atomic mass is 10.1. The van der Waals surface area contributed by atoms with E-state index in [1.165, 1.54) is 11.3 Å². The topological polar surface area (TPSA) is 96.5 Å². The second kappa shape index (κ2) is 11.9. The summed E-state index contributed by atoms with van der Waals surface area (Å²) in [4.78, 5) is 35.6. The third kappa shape index (κ3) is 6.60. The number of carbonyl (C=O) groups is 2. The number of amides is 3. The fourth-order valence-corrected chi connectivity index (χ4v) is 3.80. The maximum atomic E-state index is 12.9. The molecule has 0 saturated carbocycles. The molecule has 0 saturated heterocycles. The number of hydrogen-bond acceptors (Lipinski definition) is 6. The molecule has 0 radical (unpaired) electrons. The number of nitrogens with one attached hydrogen (secondary N) is 2. The summed E-state index contributed by atoms with van der Waals surface area (Å²) in [5.74, 6) is -0.275. The smallest absolute Gasteiger partial charge is 0.322 e. The van der Waals surface area contributed by atoms with Crippen molar-refractivity contribution in [1.29, 1.82) is 0 Å². The Morgan fingerprint density at radius 1 is 1.16 bits per heavy atom. The zero-order chi connectivity index (χ0) is 22.8. The van der Waals surface area contributed by atoms with Crippen LogP contribution in [0.2, 0.25) is 0 Å². The summed E-state index contributed by atoms with van der Waals surface area (Å²) in [5, 5.41) is 8.16. The fourth-order valence-electron chi connectivity index (χ4n) is 3.01. The predicted molar refractivity (Wildman–Crippen MR) is 125 cm³/mol. The van der Waals surface area contributed by atoms with Gasteiger partial charge in [-0.1, -0.05) is 31.2 Å². The van der Waals surface area contributed by atoms with E-state index < -0.39 is 0 Å². The highest BCUT2D eigenvalue weighted by atomic mass is 32.1. The largest absolute Gasteiger partial charge is 0.383 e. The van der Waals surface area contributed by atoms with E-state index in [4.69, 9.17) is 4.74 Å². The molecular weight excluding hydrogens is 426 g/mol. The molecule has 2 heterocycles. The molecule has 0 atom stereocenters. The van der Waals surface area contributed by atoms with E-state index in [-0.39, 0.29) is 18.5 Å². The molecule has 2 aromatic heterocycles. The number of aromatic nitrogens is 2. The number of urea groups is 1. The maximum absolute atomic E-state index is 12.9. The van der Waals surface area contributed by atoms with E-state index in [2.05, 4.69) is 20.6 Å². The number of methoxy groups -OCH3 is 1. The van der Waals surface area contributed by atoms with E-state index >= 15 is 0 Å². The Bertz CT molecular complexity index is 1030. The first-order valence-electron chi connectivity index (χ1n) is 10.4. The molecule has 168 valence electrons. The number of pyridine rings is 1. The Balaban J connectivity index is 1.63. The van der Waals surface area contributed by atoms with Gasteiger partial charge in [0, 0.05) is 30.9 Å². The van der Waals surface area contributed by atoms with Gasteiger partial charge in [0.2, 0.25) is 0 Å². The minimum Gasteiger partial charge on any atom is -0.383 e. The summed E-state index contributed by atoms with van der Waals surface area (Å²) in [5.41, 5.74) is 2.94. The molecule has 0 bridgehead atoms. The number of anilines is 1. The summed E-state index contributed by atoms with van der Waals surface area (Å²) in [6.07, 6.45) is 2.50. The van der Waals surface area contributed by atoms with Gasteiger partial charge >= 0.3 is 6.03 Å². The molecule has 1 aromatic carbocycles. The van der Waals surface area contributed by atoms with E-state index in [1.54, 1.807) is 23.6 Å². The lowest BCUT2D eigenvalue weighted by Crippen LogP contribution is -2.37. The molecule has 8 nitrogen and oxygen atoms in total. The molecule has 3 rings (SSSR count). The summed E-state index contributed by atoms with van der Waals surface area (Å²) in [7, 11) is 1.59. The monoisotopic (exact) mass is 453 g/mol. The van der Waals surface area contributed by atoms with Crippen LogP contribution in [0.4, 0.5) is 10.5 Å². The second-order valence-corrected chi connectivity index (χ2v) is 7.93. The number of ether oxygens (including phenoxy) is 1. The van der Waals surface area contributed by atoms with Crippen molar-refractivity contribution in [2.45, 2.75) is 26.4 Å². The van der Waals surface area contributed by atoms with Crippen LogP contribution in [0.15, 0.2) is 54.0 Å². The van der Waals surface area contributed by atoms with Crippen LogP contribution in [-0.4, -0.2) is 47.1 Å². The number of nitrogens with zero attached hydrogens (tertiary/aromatic N) is 3. The highest BCUT2D eigenvalue weighted by molar-refractivity contribution is 7.09. The number of rotatable bonds is 10. The van der Waals surface area contributed by atoms with Crippen molar-refractivity contribution in [3.63, 3.8) is 0 Å². The predicted octanol–water partition coefficient (Wildman–Crippen LogP) is 3.71. The van der Waals surface area contributed by atoms with Crippen molar-refractivity contribution < 1.29 is 14.3 Å². The van der Waals surface area contributed by atoms with Gasteiger partial charge in [0.25, 0.3) is 5.91 Å². The van der Waals surface area contributed by atoms with Crippen LogP contribution in [0.5, 0.6) is 0 Å². The lowest BCUT2D eigenvalue weighted by molar-refractivity contribution is 0.0946. The molecule has 3 aromatic rings. The standard InChI is InChI=1S/C23H27N5O3S/c1-3-17-8-4-5-10-19(17)27-23(30)28(12-13-31-2)15-21-26-20(16-32-21)22(29)25-14-18-9-6-7-11-24-18/h4-11,16H,3,12-15H2,1-2H3,(H,25,29)(H,27,30). The van der Waals surface area contributed by atoms with Gasteiger partial charge in [0.05, 0.1) is 25.4 Å². The van der Waals surface area contributed by atoms with Gasteiger partial charge in [-0.25, -0.2) is 9.78 Å². The Hall–Kier alpha value is -3.30. The number of hydrogen-bond donors (Lipinski definition) is 2. The number of thiazole rings is 1. The van der Waals surface area contributed by atoms with E-state index in [1.807, 2.05) is 49.4 Å². The zero-order valence-electron chi connectivity index (χ0n) is 18.2. The summed E-state index contributed by atoms with van der Waals surface area (Å²) < 4.78 is 5.16. The van der Waals surface area contributed by atoms with E-state index in [9.17, 15) is 9.59 Å². The van der Waals surface area contributed by atoms with Crippen molar-refractivity contribution >= 4 is 29.0 Å². The molecule has 9 heteroatoms. The van der Waals surface area contributed by atoms with Crippen LogP contribution in [0.25, 0.3) is 0 Å². The summed E-state index contributed by atoms with van der Waals surface area (Å²) >= 11 is 1.34. The van der Waals surface area contributed by atoms with Crippen molar-refractivity contribution in [2.75, 3.05) is 25.6 Å². The molecule has 0 fully saturated rings. The average Bonchev–Trinajstić information content (AvgIpc) is 3.30. The third-order valence-electron chi connectivity index (χ3n) is 4.76. The SMILES string of the molecule is CCc1ccccc1NC(=O)N(CCOC)Cc1nc(C(=O)NCc2ccccn2)cs1. The Morgan fingerprint density at radius 3 is 2.72 bits per heavy atom. The minimum atomic E-state index is -0.275. The quantitative estimate of drug-likeness (QED) is 0.488. The first kappa shape index (κ1) is 23.4. The summed E-state index contributed by atoms with van der Waals surface area (Å²) in [6, 6.07) is 13.0. The summed E-state index contributed by atoms with van der Waals surface area (Å²) in [6.45, 7) is 3.44. The van der Waals surface area contributed by atoms with Gasteiger partial charge in [0.1, 0.15) is 10.7 Å². The molecule has 3 amide bonds. The van der Waals surface area contributed by atoms with Crippen molar-refractivity contribution in [3.05, 3.63) is 76.0 Å². The highest BCUT2D eigenvalue weighted by Gasteiger charge is 2.18. The maximum Gasteiger partial charge on any atom is 0.322 e. The van der Waals surface area contributed by atoms with Gasteiger partial charge in [-0.3, -0.25) is 9.78 Å². The first-order valence-corrected chi connectivity index (χ1v) is 11.2. The molecule has 0 aliphatic rings. The average molecular weight is 454 g/mol. The Morgan fingerprint density at radius 2 is 1.97 bits per heavy atom. The van der Waals surface area contributed by atoms with Crippen LogP contribution in [-0.2, 0) is 24.2 Å². The third-order valence-corrected chi connectivity index (χ3v) is 5.59. The van der Waals surface area contributed by atoms with Crippen LogP contribution >= 0.6 is 11.3 Å². The van der Waals surface area contributed by atoms with Gasteiger partial charge in [-0.05, 0) is 30.2 Å². The van der Waals surface area contributed by atoms with Crippen LogP contribution in [0, 0.1) is 0 Å². The van der Waals surface area contributed by atoms with E-state index in [0.29, 0.717) is 30.4 Å². The molecule has 0 unspecified atom stereocenters. The number of para-hydroxylation sites is 1. The van der Waals surface area contributed by atoms with Crippen molar-refractivity contribution in [1.82, 2.24) is 20.2 Å². The Labute approximate surface area is 191 Å². The lowest BCUT2D eigenvalue weighted by Gasteiger charge is -2.22. The minimum absolute atomic E-state index is 0.237. The van der Waals surface area contributed by atoms with Crippen LogP contribution in [0.1, 0.15) is 33.7 Å².